The van der Waals surface area contributed by atoms with E-state index >= 15 is 0 Å². The van der Waals surface area contributed by atoms with Crippen LogP contribution < -0.4 is 0 Å². The van der Waals surface area contributed by atoms with Gasteiger partial charge in [-0.25, -0.2) is 0 Å². The highest BCUT2D eigenvalue weighted by molar-refractivity contribution is 5.70. The molecule has 1 rings (SSSR count). The van der Waals surface area contributed by atoms with Gasteiger partial charge in [-0.2, -0.15) is 0 Å². The molecule has 0 radical (unpaired) electrons. The van der Waals surface area contributed by atoms with E-state index < -0.39 is 5.97 Å². The average Bonchev–Trinajstić information content (AvgIpc) is 1.85. The number of carboxylic acid groups (broad SMARTS) is 1. The number of rotatable bonds is 2. The summed E-state index contributed by atoms with van der Waals surface area (Å²) in [6, 6.07) is 0. The number of carbonyl (C=O) groups is 1. The largest absolute Gasteiger partial charge is 0.481 e. The molecule has 0 aromatic heterocycles. The summed E-state index contributed by atoms with van der Waals surface area (Å²) in [5.41, 5.74) is 0.262. The van der Waals surface area contributed by atoms with Crippen molar-refractivity contribution in [1.82, 2.24) is 0 Å². The number of hydrogen-bond acceptors (Lipinski definition) is 1. The monoisotopic (exact) mass is 156 g/mol. The van der Waals surface area contributed by atoms with Crippen molar-refractivity contribution in [3.63, 3.8) is 0 Å². The van der Waals surface area contributed by atoms with Crippen LogP contribution in [0.5, 0.6) is 0 Å². The molecule has 1 aliphatic rings. The molecule has 0 saturated heterocycles. The van der Waals surface area contributed by atoms with Crippen LogP contribution in [0.15, 0.2) is 0 Å². The Bertz CT molecular complexity index is 172. The second kappa shape index (κ2) is 2.50. The summed E-state index contributed by atoms with van der Waals surface area (Å²) < 4.78 is 0. The first-order valence-corrected chi connectivity index (χ1v) is 4.18. The van der Waals surface area contributed by atoms with Crippen LogP contribution in [-0.2, 0) is 4.79 Å². The van der Waals surface area contributed by atoms with Gasteiger partial charge in [0.15, 0.2) is 0 Å². The first-order chi connectivity index (χ1) is 4.95. The zero-order chi connectivity index (χ0) is 8.65. The van der Waals surface area contributed by atoms with Gasteiger partial charge in [0.25, 0.3) is 0 Å². The molecule has 64 valence electrons. The van der Waals surface area contributed by atoms with E-state index in [0.717, 1.165) is 6.42 Å². The Morgan fingerprint density at radius 3 is 2.27 bits per heavy atom. The lowest BCUT2D eigenvalue weighted by molar-refractivity contribution is -0.147. The molecule has 0 amide bonds. The fraction of sp³-hybridized carbons (Fsp3) is 0.889. The minimum atomic E-state index is -0.650. The highest BCUT2D eigenvalue weighted by Gasteiger charge is 2.43. The van der Waals surface area contributed by atoms with Crippen LogP contribution in [0.25, 0.3) is 0 Å². The molecule has 1 unspecified atom stereocenters. The summed E-state index contributed by atoms with van der Waals surface area (Å²) in [4.78, 5) is 10.6. The van der Waals surface area contributed by atoms with Crippen LogP contribution in [0.1, 0.15) is 33.6 Å². The first-order valence-electron chi connectivity index (χ1n) is 4.18. The van der Waals surface area contributed by atoms with Crippen LogP contribution >= 0.6 is 0 Å². The molecule has 0 aromatic carbocycles. The standard InChI is InChI=1S/C9H16O2/c1-6(8(10)11)7-4-5-9(7,2)3/h6-7H,4-5H2,1-3H3,(H,10,11)/t6-,7?/m0/s1. The lowest BCUT2D eigenvalue weighted by Gasteiger charge is -2.46. The molecule has 1 saturated carbocycles. The lowest BCUT2D eigenvalue weighted by Crippen LogP contribution is -2.41. The molecule has 2 heteroatoms. The normalized spacial score (nSPS) is 30.6. The van der Waals surface area contributed by atoms with Gasteiger partial charge in [0, 0.05) is 0 Å². The van der Waals surface area contributed by atoms with E-state index in [0.29, 0.717) is 5.92 Å². The van der Waals surface area contributed by atoms with E-state index in [1.165, 1.54) is 6.42 Å². The molecule has 2 nitrogen and oxygen atoms in total. The molecule has 1 aliphatic carbocycles. The van der Waals surface area contributed by atoms with E-state index in [4.69, 9.17) is 5.11 Å². The van der Waals surface area contributed by atoms with Crippen molar-refractivity contribution < 1.29 is 9.90 Å². The van der Waals surface area contributed by atoms with Crippen LogP contribution in [0.3, 0.4) is 0 Å². The Hall–Kier alpha value is -0.530. The molecular weight excluding hydrogens is 140 g/mol. The zero-order valence-corrected chi connectivity index (χ0v) is 7.42. The quantitative estimate of drug-likeness (QED) is 0.665. The van der Waals surface area contributed by atoms with Crippen LogP contribution in [0.2, 0.25) is 0 Å². The third-order valence-electron chi connectivity index (χ3n) is 3.10. The van der Waals surface area contributed by atoms with Gasteiger partial charge >= 0.3 is 5.97 Å². The van der Waals surface area contributed by atoms with Crippen molar-refractivity contribution in [3.05, 3.63) is 0 Å². The molecule has 0 spiro atoms. The average molecular weight is 156 g/mol. The fourth-order valence-electron chi connectivity index (χ4n) is 1.99. The van der Waals surface area contributed by atoms with E-state index in [2.05, 4.69) is 13.8 Å². The number of hydrogen-bond donors (Lipinski definition) is 1. The number of carboxylic acids is 1. The molecule has 0 heterocycles. The minimum absolute atomic E-state index is 0.168. The van der Waals surface area contributed by atoms with Crippen molar-refractivity contribution in [1.29, 1.82) is 0 Å². The van der Waals surface area contributed by atoms with Crippen molar-refractivity contribution >= 4 is 5.97 Å². The molecule has 0 aliphatic heterocycles. The van der Waals surface area contributed by atoms with Crippen molar-refractivity contribution in [2.45, 2.75) is 33.6 Å². The predicted molar refractivity (Wildman–Crippen MR) is 43.3 cm³/mol. The van der Waals surface area contributed by atoms with Gasteiger partial charge in [-0.05, 0) is 24.2 Å². The van der Waals surface area contributed by atoms with Gasteiger partial charge in [-0.3, -0.25) is 4.79 Å². The molecule has 0 aromatic rings. The van der Waals surface area contributed by atoms with Crippen LogP contribution in [0, 0.1) is 17.3 Å². The highest BCUT2D eigenvalue weighted by atomic mass is 16.4. The van der Waals surface area contributed by atoms with E-state index in [9.17, 15) is 4.79 Å². The molecule has 2 atom stereocenters. The summed E-state index contributed by atoms with van der Waals surface area (Å²) in [5.74, 6) is -0.429. The minimum Gasteiger partial charge on any atom is -0.481 e. The fourth-order valence-corrected chi connectivity index (χ4v) is 1.99. The van der Waals surface area contributed by atoms with Crippen LogP contribution in [-0.4, -0.2) is 11.1 Å². The van der Waals surface area contributed by atoms with E-state index in [1.807, 2.05) is 6.92 Å². The Morgan fingerprint density at radius 1 is 1.64 bits per heavy atom. The van der Waals surface area contributed by atoms with Crippen molar-refractivity contribution in [2.24, 2.45) is 17.3 Å². The smallest absolute Gasteiger partial charge is 0.306 e. The third-order valence-corrected chi connectivity index (χ3v) is 3.10. The van der Waals surface area contributed by atoms with Crippen molar-refractivity contribution in [3.8, 4) is 0 Å². The maximum atomic E-state index is 10.6. The summed E-state index contributed by atoms with van der Waals surface area (Å²) in [7, 11) is 0. The molecule has 1 fully saturated rings. The Balaban J connectivity index is 2.56. The number of aliphatic carboxylic acids is 1. The third kappa shape index (κ3) is 1.39. The molecule has 1 N–H and O–H groups in total. The summed E-state index contributed by atoms with van der Waals surface area (Å²) >= 11 is 0. The van der Waals surface area contributed by atoms with Gasteiger partial charge in [0.05, 0.1) is 5.92 Å². The lowest BCUT2D eigenvalue weighted by atomic mass is 9.58. The summed E-state index contributed by atoms with van der Waals surface area (Å²) in [6.45, 7) is 6.12. The highest BCUT2D eigenvalue weighted by Crippen LogP contribution is 2.49. The second-order valence-corrected chi connectivity index (χ2v) is 4.26. The maximum Gasteiger partial charge on any atom is 0.306 e. The molecular formula is C9H16O2. The van der Waals surface area contributed by atoms with Crippen molar-refractivity contribution in [2.75, 3.05) is 0 Å². The van der Waals surface area contributed by atoms with E-state index in [-0.39, 0.29) is 11.3 Å². The Kier molecular flexibility index (Phi) is 1.95. The van der Waals surface area contributed by atoms with Gasteiger partial charge in [-0.1, -0.05) is 20.8 Å². The maximum absolute atomic E-state index is 10.6. The summed E-state index contributed by atoms with van der Waals surface area (Å²) in [6.07, 6.45) is 2.26. The molecule has 0 bridgehead atoms. The second-order valence-electron chi connectivity index (χ2n) is 4.26. The Morgan fingerprint density at radius 2 is 2.18 bits per heavy atom. The topological polar surface area (TPSA) is 37.3 Å². The van der Waals surface area contributed by atoms with Gasteiger partial charge in [0.1, 0.15) is 0 Å². The first kappa shape index (κ1) is 8.57. The van der Waals surface area contributed by atoms with Gasteiger partial charge in [0.2, 0.25) is 0 Å². The van der Waals surface area contributed by atoms with Gasteiger partial charge < -0.3 is 5.11 Å². The zero-order valence-electron chi connectivity index (χ0n) is 7.42. The SMILES string of the molecule is C[C@H](C(=O)O)C1CCC1(C)C. The predicted octanol–water partition coefficient (Wildman–Crippen LogP) is 2.14. The molecule has 11 heavy (non-hydrogen) atoms. The Labute approximate surface area is 67.6 Å². The van der Waals surface area contributed by atoms with Gasteiger partial charge in [-0.15, -0.1) is 0 Å². The summed E-state index contributed by atoms with van der Waals surface area (Å²) in [5, 5.41) is 8.75. The van der Waals surface area contributed by atoms with E-state index in [1.54, 1.807) is 0 Å². The van der Waals surface area contributed by atoms with Crippen LogP contribution in [0.4, 0.5) is 0 Å².